The van der Waals surface area contributed by atoms with Crippen molar-refractivity contribution in [2.75, 3.05) is 25.2 Å². The van der Waals surface area contributed by atoms with E-state index in [1.165, 1.54) is 5.69 Å². The molecule has 1 unspecified atom stereocenters. The maximum atomic E-state index is 5.85. The van der Waals surface area contributed by atoms with Crippen molar-refractivity contribution in [3.05, 3.63) is 28.2 Å². The van der Waals surface area contributed by atoms with Gasteiger partial charge in [0.15, 0.2) is 0 Å². The maximum Gasteiger partial charge on any atom is 0.0663 e. The summed E-state index contributed by atoms with van der Waals surface area (Å²) in [5.41, 5.74) is 2.31. The molecule has 0 spiro atoms. The Kier molecular flexibility index (Phi) is 6.31. The van der Waals surface area contributed by atoms with Crippen molar-refractivity contribution in [3.8, 4) is 0 Å². The Hall–Kier alpha value is -0.250. The van der Waals surface area contributed by atoms with Gasteiger partial charge in [-0.2, -0.15) is 0 Å². The van der Waals surface area contributed by atoms with E-state index in [0.29, 0.717) is 11.9 Å². The van der Waals surface area contributed by atoms with Gasteiger partial charge in [0.2, 0.25) is 0 Å². The van der Waals surface area contributed by atoms with E-state index < -0.39 is 0 Å². The fraction of sp³-hybridized carbons (Fsp3) is 0.538. The van der Waals surface area contributed by atoms with Crippen LogP contribution in [0.1, 0.15) is 19.4 Å². The smallest absolute Gasteiger partial charge is 0.0663 e. The van der Waals surface area contributed by atoms with E-state index >= 15 is 0 Å². The summed E-state index contributed by atoms with van der Waals surface area (Å²) in [6, 6.07) is 6.65. The highest BCUT2D eigenvalue weighted by Gasteiger charge is 2.13. The summed E-state index contributed by atoms with van der Waals surface area (Å²) in [6.45, 7) is 5.99. The molecular weight excluding hydrogens is 302 g/mol. The average molecular weight is 321 g/mol. The number of likely N-dealkylation sites (N-methyl/N-ethyl adjacent to an activating group) is 1. The Morgan fingerprint density at radius 1 is 1.47 bits per heavy atom. The summed E-state index contributed by atoms with van der Waals surface area (Å²) in [7, 11) is 1.73. The number of hydrogen-bond acceptors (Lipinski definition) is 2. The molecule has 0 aromatic heterocycles. The highest BCUT2D eigenvalue weighted by atomic mass is 79.9. The number of halogens is 2. The van der Waals surface area contributed by atoms with Gasteiger partial charge in [-0.25, -0.2) is 0 Å². The van der Waals surface area contributed by atoms with Crippen molar-refractivity contribution in [1.82, 2.24) is 0 Å². The standard InChI is InChI=1S/C13H19BrClNO/c1-4-16(10(2)9-17-3)12-6-5-11(8-15)13(14)7-12/h5-7,10H,4,8-9H2,1-3H3. The van der Waals surface area contributed by atoms with Gasteiger partial charge in [-0.05, 0) is 31.5 Å². The molecule has 0 aliphatic rings. The van der Waals surface area contributed by atoms with E-state index in [2.05, 4.69) is 52.9 Å². The maximum absolute atomic E-state index is 5.85. The fourth-order valence-electron chi connectivity index (χ4n) is 1.90. The summed E-state index contributed by atoms with van der Waals surface area (Å²) < 4.78 is 6.27. The lowest BCUT2D eigenvalue weighted by Crippen LogP contribution is -2.36. The lowest BCUT2D eigenvalue weighted by Gasteiger charge is -2.30. The molecule has 2 nitrogen and oxygen atoms in total. The number of anilines is 1. The van der Waals surface area contributed by atoms with Gasteiger partial charge in [-0.1, -0.05) is 22.0 Å². The van der Waals surface area contributed by atoms with Crippen LogP contribution in [0.3, 0.4) is 0 Å². The van der Waals surface area contributed by atoms with Gasteiger partial charge in [0.25, 0.3) is 0 Å². The molecule has 0 amide bonds. The van der Waals surface area contributed by atoms with Crippen LogP contribution in [-0.4, -0.2) is 26.3 Å². The highest BCUT2D eigenvalue weighted by molar-refractivity contribution is 9.10. The van der Waals surface area contributed by atoms with Crippen LogP contribution in [0.15, 0.2) is 22.7 Å². The van der Waals surface area contributed by atoms with Crippen LogP contribution < -0.4 is 4.90 Å². The van der Waals surface area contributed by atoms with E-state index in [1.54, 1.807) is 7.11 Å². The predicted octanol–water partition coefficient (Wildman–Crippen LogP) is 4.05. The topological polar surface area (TPSA) is 12.5 Å². The van der Waals surface area contributed by atoms with Crippen LogP contribution in [0.5, 0.6) is 0 Å². The van der Waals surface area contributed by atoms with Crippen LogP contribution in [0.2, 0.25) is 0 Å². The Morgan fingerprint density at radius 3 is 2.65 bits per heavy atom. The zero-order valence-electron chi connectivity index (χ0n) is 10.5. The van der Waals surface area contributed by atoms with Crippen molar-refractivity contribution >= 4 is 33.2 Å². The first-order valence-electron chi connectivity index (χ1n) is 5.74. The highest BCUT2D eigenvalue weighted by Crippen LogP contribution is 2.26. The Labute approximate surface area is 117 Å². The molecule has 0 N–H and O–H groups in total. The monoisotopic (exact) mass is 319 g/mol. The zero-order chi connectivity index (χ0) is 12.8. The molecular formula is C13H19BrClNO. The molecule has 0 saturated heterocycles. The second-order valence-corrected chi connectivity index (χ2v) is 5.12. The molecule has 17 heavy (non-hydrogen) atoms. The van der Waals surface area contributed by atoms with Gasteiger partial charge in [-0.15, -0.1) is 11.6 Å². The molecule has 0 aliphatic carbocycles. The summed E-state index contributed by atoms with van der Waals surface area (Å²) in [4.78, 5) is 2.31. The Bertz CT molecular complexity index is 359. The van der Waals surface area contributed by atoms with Crippen LogP contribution in [0.25, 0.3) is 0 Å². The normalized spacial score (nSPS) is 12.5. The van der Waals surface area contributed by atoms with E-state index in [0.717, 1.165) is 23.2 Å². The molecule has 4 heteroatoms. The molecule has 1 aromatic carbocycles. The summed E-state index contributed by atoms with van der Waals surface area (Å²) in [6.07, 6.45) is 0. The number of benzene rings is 1. The largest absolute Gasteiger partial charge is 0.383 e. The lowest BCUT2D eigenvalue weighted by atomic mass is 10.2. The molecule has 1 aromatic rings. The van der Waals surface area contributed by atoms with Gasteiger partial charge < -0.3 is 9.64 Å². The van der Waals surface area contributed by atoms with Crippen molar-refractivity contribution in [1.29, 1.82) is 0 Å². The molecule has 0 saturated carbocycles. The SMILES string of the molecule is CCN(c1ccc(CCl)c(Br)c1)C(C)COC. The molecule has 0 aliphatic heterocycles. The van der Waals surface area contributed by atoms with Gasteiger partial charge in [0.1, 0.15) is 0 Å². The van der Waals surface area contributed by atoms with E-state index in [-0.39, 0.29) is 0 Å². The van der Waals surface area contributed by atoms with Gasteiger partial charge in [-0.3, -0.25) is 0 Å². The average Bonchev–Trinajstić information content (AvgIpc) is 2.30. The third-order valence-electron chi connectivity index (χ3n) is 2.79. The molecule has 1 rings (SSSR count). The third-order valence-corrected chi connectivity index (χ3v) is 3.82. The second kappa shape index (κ2) is 7.24. The summed E-state index contributed by atoms with van der Waals surface area (Å²) in [5, 5.41) is 0. The predicted molar refractivity (Wildman–Crippen MR) is 78.1 cm³/mol. The number of ether oxygens (including phenoxy) is 1. The molecule has 1 atom stereocenters. The quantitative estimate of drug-likeness (QED) is 0.733. The minimum absolute atomic E-state index is 0.360. The number of alkyl halides is 1. The van der Waals surface area contributed by atoms with Gasteiger partial charge >= 0.3 is 0 Å². The van der Waals surface area contributed by atoms with Crippen LogP contribution >= 0.6 is 27.5 Å². The molecule has 0 bridgehead atoms. The first-order chi connectivity index (χ1) is 8.13. The number of hydrogen-bond donors (Lipinski definition) is 0. The van der Waals surface area contributed by atoms with E-state index in [1.807, 2.05) is 0 Å². The number of methoxy groups -OCH3 is 1. The van der Waals surface area contributed by atoms with Crippen LogP contribution in [-0.2, 0) is 10.6 Å². The summed E-state index contributed by atoms with van der Waals surface area (Å²) in [5.74, 6) is 0.528. The van der Waals surface area contributed by atoms with E-state index in [9.17, 15) is 0 Å². The first-order valence-corrected chi connectivity index (χ1v) is 7.06. The van der Waals surface area contributed by atoms with Crippen molar-refractivity contribution in [2.45, 2.75) is 25.8 Å². The minimum atomic E-state index is 0.360. The molecule has 0 heterocycles. The number of nitrogens with zero attached hydrogens (tertiary/aromatic N) is 1. The third kappa shape index (κ3) is 3.87. The number of rotatable bonds is 6. The van der Waals surface area contributed by atoms with Crippen LogP contribution in [0, 0.1) is 0 Å². The van der Waals surface area contributed by atoms with Crippen LogP contribution in [0.4, 0.5) is 5.69 Å². The summed E-state index contributed by atoms with van der Waals surface area (Å²) >= 11 is 9.40. The zero-order valence-corrected chi connectivity index (χ0v) is 12.9. The first kappa shape index (κ1) is 14.8. The lowest BCUT2D eigenvalue weighted by molar-refractivity contribution is 0.182. The molecule has 0 fully saturated rings. The van der Waals surface area contributed by atoms with Gasteiger partial charge in [0, 0.05) is 35.7 Å². The fourth-order valence-corrected chi connectivity index (χ4v) is 2.80. The Balaban J connectivity index is 2.92. The van der Waals surface area contributed by atoms with Crippen molar-refractivity contribution in [3.63, 3.8) is 0 Å². The molecule has 96 valence electrons. The van der Waals surface area contributed by atoms with Crippen molar-refractivity contribution in [2.24, 2.45) is 0 Å². The minimum Gasteiger partial charge on any atom is -0.383 e. The Morgan fingerprint density at radius 2 is 2.18 bits per heavy atom. The van der Waals surface area contributed by atoms with Gasteiger partial charge in [0.05, 0.1) is 6.61 Å². The second-order valence-electron chi connectivity index (χ2n) is 4.00. The van der Waals surface area contributed by atoms with Crippen molar-refractivity contribution < 1.29 is 4.74 Å². The van der Waals surface area contributed by atoms with E-state index in [4.69, 9.17) is 16.3 Å². The molecule has 0 radical (unpaired) electrons.